The van der Waals surface area contributed by atoms with Crippen LogP contribution in [0.1, 0.15) is 53.2 Å². The lowest BCUT2D eigenvalue weighted by Crippen LogP contribution is -2.46. The highest BCUT2D eigenvalue weighted by atomic mass is 32.2. The first kappa shape index (κ1) is 19.4. The number of amides is 1. The molecule has 144 valence electrons. The maximum Gasteiger partial charge on any atom is 0.349 e. The van der Waals surface area contributed by atoms with Crippen molar-refractivity contribution in [2.75, 3.05) is 18.1 Å². The number of carbonyl (C=O) groups excluding carboxylic acids is 2. The molecule has 3 rings (SSSR count). The molecule has 2 heterocycles. The highest BCUT2D eigenvalue weighted by Crippen LogP contribution is 2.30. The van der Waals surface area contributed by atoms with Crippen molar-refractivity contribution >= 4 is 33.1 Å². The van der Waals surface area contributed by atoms with Gasteiger partial charge in [-0.15, -0.1) is 11.3 Å². The van der Waals surface area contributed by atoms with Crippen molar-refractivity contribution < 1.29 is 22.7 Å². The summed E-state index contributed by atoms with van der Waals surface area (Å²) in [4.78, 5) is 28.4. The van der Waals surface area contributed by atoms with Crippen molar-refractivity contribution in [2.45, 2.75) is 58.1 Å². The lowest BCUT2D eigenvalue weighted by molar-refractivity contribution is -0.141. The molecule has 1 amide bonds. The van der Waals surface area contributed by atoms with Gasteiger partial charge in [-0.3, -0.25) is 4.79 Å². The number of nitrogens with zero attached hydrogens (tertiary/aromatic N) is 1. The average Bonchev–Trinajstić information content (AvgIpc) is 3.18. The Morgan fingerprint density at radius 3 is 2.69 bits per heavy atom. The minimum Gasteiger partial charge on any atom is -0.448 e. The van der Waals surface area contributed by atoms with Crippen molar-refractivity contribution in [3.8, 4) is 0 Å². The van der Waals surface area contributed by atoms with Gasteiger partial charge in [0.05, 0.1) is 11.5 Å². The van der Waals surface area contributed by atoms with Crippen molar-refractivity contribution in [3.63, 3.8) is 0 Å². The first-order chi connectivity index (χ1) is 12.3. The Labute approximate surface area is 158 Å². The van der Waals surface area contributed by atoms with Gasteiger partial charge in [-0.2, -0.15) is 0 Å². The number of aryl methyl sites for hydroxylation is 2. The fraction of sp³-hybridized carbons (Fsp3) is 0.667. The zero-order valence-corrected chi connectivity index (χ0v) is 16.8. The van der Waals surface area contributed by atoms with Crippen molar-refractivity contribution in [2.24, 2.45) is 0 Å². The molecule has 0 unspecified atom stereocenters. The van der Waals surface area contributed by atoms with Gasteiger partial charge in [-0.1, -0.05) is 0 Å². The molecule has 1 aromatic rings. The van der Waals surface area contributed by atoms with Crippen LogP contribution in [0.25, 0.3) is 0 Å². The average molecular weight is 400 g/mol. The van der Waals surface area contributed by atoms with E-state index < -0.39 is 21.9 Å². The molecule has 1 aromatic heterocycles. The first-order valence-corrected chi connectivity index (χ1v) is 11.8. The number of esters is 1. The quantitative estimate of drug-likeness (QED) is 0.709. The maximum absolute atomic E-state index is 12.7. The molecule has 0 spiro atoms. The van der Waals surface area contributed by atoms with E-state index in [0.717, 1.165) is 25.7 Å². The fourth-order valence-electron chi connectivity index (χ4n) is 3.71. The van der Waals surface area contributed by atoms with Gasteiger partial charge in [0.2, 0.25) is 0 Å². The maximum atomic E-state index is 12.7. The summed E-state index contributed by atoms with van der Waals surface area (Å²) < 4.78 is 28.8. The summed E-state index contributed by atoms with van der Waals surface area (Å²) in [6.45, 7) is 3.76. The predicted octanol–water partition coefficient (Wildman–Crippen LogP) is 2.21. The van der Waals surface area contributed by atoms with Crippen molar-refractivity contribution in [3.05, 3.63) is 21.4 Å². The van der Waals surface area contributed by atoms with Gasteiger partial charge < -0.3 is 9.64 Å². The highest BCUT2D eigenvalue weighted by molar-refractivity contribution is 7.91. The number of rotatable bonds is 5. The molecule has 1 aliphatic carbocycles. The second-order valence-electron chi connectivity index (χ2n) is 6.99. The summed E-state index contributed by atoms with van der Waals surface area (Å²) in [6.07, 6.45) is 3.80. The van der Waals surface area contributed by atoms with Gasteiger partial charge in [-0.05, 0) is 57.6 Å². The van der Waals surface area contributed by atoms with Gasteiger partial charge in [-0.25, -0.2) is 13.2 Å². The Morgan fingerprint density at radius 1 is 1.35 bits per heavy atom. The molecule has 6 nitrogen and oxygen atoms in total. The zero-order chi connectivity index (χ0) is 18.9. The van der Waals surface area contributed by atoms with Crippen LogP contribution in [0.15, 0.2) is 6.07 Å². The second-order valence-corrected chi connectivity index (χ2v) is 10.4. The van der Waals surface area contributed by atoms with Crippen molar-refractivity contribution in [1.29, 1.82) is 0 Å². The zero-order valence-electron chi connectivity index (χ0n) is 15.2. The Bertz CT molecular complexity index is 775. The summed E-state index contributed by atoms with van der Waals surface area (Å²) in [5, 5.41) is 0. The third-order valence-corrected chi connectivity index (χ3v) is 8.07. The van der Waals surface area contributed by atoms with E-state index >= 15 is 0 Å². The van der Waals surface area contributed by atoms with Crippen LogP contribution in [0.5, 0.6) is 0 Å². The molecule has 0 N–H and O–H groups in total. The lowest BCUT2D eigenvalue weighted by Gasteiger charge is -2.29. The number of fused-ring (bicyclic) bond motifs is 1. The largest absolute Gasteiger partial charge is 0.448 e. The number of hydrogen-bond donors (Lipinski definition) is 0. The number of thiophene rings is 1. The molecule has 2 aliphatic rings. The van der Waals surface area contributed by atoms with Gasteiger partial charge >= 0.3 is 5.97 Å². The number of likely N-dealkylation sites (N-methyl/N-ethyl adjacent to an activating group) is 1. The summed E-state index contributed by atoms with van der Waals surface area (Å²) in [7, 11) is -3.08. The monoisotopic (exact) mass is 399 g/mol. The molecular weight excluding hydrogens is 374 g/mol. The van der Waals surface area contributed by atoms with E-state index in [0.29, 0.717) is 17.8 Å². The van der Waals surface area contributed by atoms with Crippen molar-refractivity contribution in [1.82, 2.24) is 4.90 Å². The van der Waals surface area contributed by atoms with Gasteiger partial charge in [0.15, 0.2) is 15.9 Å². The Hall–Kier alpha value is -1.41. The molecule has 2 atom stereocenters. The normalized spacial score (nSPS) is 22.5. The van der Waals surface area contributed by atoms with E-state index in [-0.39, 0.29) is 23.5 Å². The predicted molar refractivity (Wildman–Crippen MR) is 100 cm³/mol. The van der Waals surface area contributed by atoms with Crippen LogP contribution >= 0.6 is 11.3 Å². The third kappa shape index (κ3) is 4.11. The summed E-state index contributed by atoms with van der Waals surface area (Å²) >= 11 is 1.46. The molecule has 1 aliphatic heterocycles. The van der Waals surface area contributed by atoms with Crippen LogP contribution in [-0.2, 0) is 32.2 Å². The Kier molecular flexibility index (Phi) is 5.72. The Morgan fingerprint density at radius 2 is 2.08 bits per heavy atom. The number of hydrogen-bond acceptors (Lipinski definition) is 6. The molecule has 8 heteroatoms. The first-order valence-electron chi connectivity index (χ1n) is 9.14. The SMILES string of the molecule is CCN(C(=O)[C@@H](C)OC(=O)c1cc2c(s1)CCCC2)[C@@H]1CCS(=O)(=O)C1. The second kappa shape index (κ2) is 7.68. The summed E-state index contributed by atoms with van der Waals surface area (Å²) in [5.41, 5.74) is 1.22. The van der Waals surface area contributed by atoms with E-state index in [1.54, 1.807) is 6.92 Å². The number of sulfone groups is 1. The van der Waals surface area contributed by atoms with E-state index in [4.69, 9.17) is 4.74 Å². The van der Waals surface area contributed by atoms with E-state index in [1.807, 2.05) is 13.0 Å². The topological polar surface area (TPSA) is 80.8 Å². The third-order valence-electron chi connectivity index (χ3n) is 5.10. The summed E-state index contributed by atoms with van der Waals surface area (Å²) in [5.74, 6) is -0.703. The molecular formula is C18H25NO5S2. The van der Waals surface area contributed by atoms with Crippen LogP contribution in [0, 0.1) is 0 Å². The minimum absolute atomic E-state index is 0.00904. The molecule has 0 bridgehead atoms. The molecule has 1 saturated heterocycles. The Balaban J connectivity index is 1.64. The standard InChI is InChI=1S/C18H25NO5S2/c1-3-19(14-8-9-26(22,23)11-14)17(20)12(2)24-18(21)16-10-13-6-4-5-7-15(13)25-16/h10,12,14H,3-9,11H2,1-2H3/t12-,14-/m1/s1. The minimum atomic E-state index is -3.08. The van der Waals surface area contributed by atoms with Crippen LogP contribution in [-0.4, -0.2) is 55.4 Å². The molecule has 0 radical (unpaired) electrons. The molecule has 26 heavy (non-hydrogen) atoms. The van der Waals surface area contributed by atoms with E-state index in [9.17, 15) is 18.0 Å². The van der Waals surface area contributed by atoms with Crippen LogP contribution in [0.4, 0.5) is 0 Å². The van der Waals surface area contributed by atoms with Crippen LogP contribution in [0.2, 0.25) is 0 Å². The van der Waals surface area contributed by atoms with Gasteiger partial charge in [0, 0.05) is 17.5 Å². The van der Waals surface area contributed by atoms with E-state index in [2.05, 4.69) is 0 Å². The van der Waals surface area contributed by atoms with E-state index in [1.165, 1.54) is 26.7 Å². The van der Waals surface area contributed by atoms with Crippen LogP contribution in [0.3, 0.4) is 0 Å². The summed E-state index contributed by atoms with van der Waals surface area (Å²) in [6, 6.07) is 1.56. The lowest BCUT2D eigenvalue weighted by atomic mass is 9.99. The van der Waals surface area contributed by atoms with Gasteiger partial charge in [0.25, 0.3) is 5.91 Å². The number of carbonyl (C=O) groups is 2. The smallest absolute Gasteiger partial charge is 0.349 e. The van der Waals surface area contributed by atoms with Crippen LogP contribution < -0.4 is 0 Å². The van der Waals surface area contributed by atoms with Gasteiger partial charge in [0.1, 0.15) is 4.88 Å². The fourth-order valence-corrected chi connectivity index (χ4v) is 6.58. The highest BCUT2D eigenvalue weighted by Gasteiger charge is 2.36. The number of ether oxygens (including phenoxy) is 1. The molecule has 0 aromatic carbocycles. The molecule has 1 fully saturated rings. The molecule has 0 saturated carbocycles.